The molecule has 0 saturated heterocycles. The Bertz CT molecular complexity index is 925. The Kier molecular flexibility index (Phi) is 6.10. The molecule has 0 saturated carbocycles. The van der Waals surface area contributed by atoms with Crippen LogP contribution in [0.4, 0.5) is 5.13 Å². The van der Waals surface area contributed by atoms with E-state index in [1.165, 1.54) is 11.3 Å². The van der Waals surface area contributed by atoms with Crippen LogP contribution in [0.1, 0.15) is 5.56 Å². The number of aromatic nitrogens is 2. The van der Waals surface area contributed by atoms with E-state index in [9.17, 15) is 0 Å². The molecule has 3 aromatic rings. The number of thiazole rings is 1. The Morgan fingerprint density at radius 1 is 1.19 bits per heavy atom. The van der Waals surface area contributed by atoms with Gasteiger partial charge in [-0.1, -0.05) is 17.7 Å². The minimum absolute atomic E-state index is 0.107. The van der Waals surface area contributed by atoms with Gasteiger partial charge in [-0.15, -0.1) is 11.3 Å². The molecule has 3 N–H and O–H groups in total. The van der Waals surface area contributed by atoms with Crippen LogP contribution in [-0.2, 0) is 6.54 Å². The number of anilines is 1. The molecule has 0 unspecified atom stereocenters. The van der Waals surface area contributed by atoms with Crippen LogP contribution in [0.3, 0.4) is 0 Å². The van der Waals surface area contributed by atoms with Gasteiger partial charge in [0.25, 0.3) is 0 Å². The van der Waals surface area contributed by atoms with Crippen LogP contribution in [0.2, 0.25) is 5.02 Å². The first-order chi connectivity index (χ1) is 13.1. The van der Waals surface area contributed by atoms with Crippen LogP contribution in [0, 0.1) is 5.41 Å². The Labute approximate surface area is 165 Å². The SMILES string of the molecule is COc1cccc(OC)c1CNC(=N)Nc1nc(-c2ncccc2Cl)cs1. The lowest BCUT2D eigenvalue weighted by Gasteiger charge is -2.14. The van der Waals surface area contributed by atoms with Crippen LogP contribution in [0.15, 0.2) is 41.9 Å². The van der Waals surface area contributed by atoms with E-state index in [1.807, 2.05) is 23.6 Å². The summed E-state index contributed by atoms with van der Waals surface area (Å²) in [6.07, 6.45) is 1.66. The van der Waals surface area contributed by atoms with Gasteiger partial charge in [-0.2, -0.15) is 0 Å². The van der Waals surface area contributed by atoms with E-state index in [-0.39, 0.29) is 5.96 Å². The van der Waals surface area contributed by atoms with E-state index in [4.69, 9.17) is 26.5 Å². The maximum Gasteiger partial charge on any atom is 0.195 e. The topological polar surface area (TPSA) is 92.2 Å². The van der Waals surface area contributed by atoms with Gasteiger partial charge in [0, 0.05) is 11.6 Å². The Hall–Kier alpha value is -2.84. The number of ether oxygens (including phenoxy) is 2. The second kappa shape index (κ2) is 8.70. The van der Waals surface area contributed by atoms with Crippen molar-refractivity contribution in [1.82, 2.24) is 15.3 Å². The predicted octanol–water partition coefficient (Wildman–Crippen LogP) is 4.01. The number of pyridine rings is 1. The largest absolute Gasteiger partial charge is 0.496 e. The zero-order valence-electron chi connectivity index (χ0n) is 14.7. The number of guanidine groups is 1. The molecular formula is C18H18ClN5O2S. The van der Waals surface area contributed by atoms with Crippen LogP contribution < -0.4 is 20.1 Å². The van der Waals surface area contributed by atoms with Gasteiger partial charge in [-0.3, -0.25) is 10.4 Å². The molecule has 0 aliphatic heterocycles. The highest BCUT2D eigenvalue weighted by Gasteiger charge is 2.12. The molecule has 9 heteroatoms. The molecule has 2 heterocycles. The molecule has 0 radical (unpaired) electrons. The van der Waals surface area contributed by atoms with Gasteiger partial charge in [-0.05, 0) is 24.3 Å². The minimum atomic E-state index is 0.107. The van der Waals surface area contributed by atoms with Crippen molar-refractivity contribution < 1.29 is 9.47 Å². The number of benzene rings is 1. The molecule has 0 aliphatic carbocycles. The molecule has 7 nitrogen and oxygen atoms in total. The molecular weight excluding hydrogens is 386 g/mol. The summed E-state index contributed by atoms with van der Waals surface area (Å²) >= 11 is 7.52. The molecule has 0 aliphatic rings. The van der Waals surface area contributed by atoms with Gasteiger partial charge < -0.3 is 20.1 Å². The van der Waals surface area contributed by atoms with Crippen molar-refractivity contribution in [3.63, 3.8) is 0 Å². The Morgan fingerprint density at radius 3 is 2.59 bits per heavy atom. The number of rotatable bonds is 6. The number of nitrogens with one attached hydrogen (secondary N) is 3. The summed E-state index contributed by atoms with van der Waals surface area (Å²) in [5.41, 5.74) is 2.10. The van der Waals surface area contributed by atoms with E-state index in [1.54, 1.807) is 32.5 Å². The number of methoxy groups -OCH3 is 2. The fourth-order valence-corrected chi connectivity index (χ4v) is 3.36. The Morgan fingerprint density at radius 2 is 1.93 bits per heavy atom. The fourth-order valence-electron chi connectivity index (χ4n) is 2.44. The summed E-state index contributed by atoms with van der Waals surface area (Å²) in [4.78, 5) is 8.68. The first-order valence-electron chi connectivity index (χ1n) is 7.98. The molecule has 0 amide bonds. The number of halogens is 1. The van der Waals surface area contributed by atoms with Gasteiger partial charge in [0.05, 0.1) is 31.4 Å². The summed E-state index contributed by atoms with van der Waals surface area (Å²) in [5, 5.41) is 17.0. The van der Waals surface area contributed by atoms with Crippen LogP contribution >= 0.6 is 22.9 Å². The van der Waals surface area contributed by atoms with Crippen molar-refractivity contribution in [2.45, 2.75) is 6.54 Å². The molecule has 3 rings (SSSR count). The van der Waals surface area contributed by atoms with Gasteiger partial charge in [-0.25, -0.2) is 4.98 Å². The van der Waals surface area contributed by atoms with Gasteiger partial charge in [0.1, 0.15) is 22.9 Å². The molecule has 2 aromatic heterocycles. The lowest BCUT2D eigenvalue weighted by atomic mass is 10.1. The maximum atomic E-state index is 8.11. The fraction of sp³-hybridized carbons (Fsp3) is 0.167. The lowest BCUT2D eigenvalue weighted by Crippen LogP contribution is -2.29. The van der Waals surface area contributed by atoms with E-state index < -0.39 is 0 Å². The van der Waals surface area contributed by atoms with E-state index in [0.717, 1.165) is 5.56 Å². The second-order valence-electron chi connectivity index (χ2n) is 5.37. The third-order valence-corrected chi connectivity index (χ3v) is 4.77. The third-order valence-electron chi connectivity index (χ3n) is 3.71. The average molecular weight is 404 g/mol. The number of nitrogens with zero attached hydrogens (tertiary/aromatic N) is 2. The van der Waals surface area contributed by atoms with Gasteiger partial charge in [0.15, 0.2) is 11.1 Å². The van der Waals surface area contributed by atoms with Crippen molar-refractivity contribution in [3.05, 3.63) is 52.5 Å². The molecule has 0 bridgehead atoms. The second-order valence-corrected chi connectivity index (χ2v) is 6.63. The summed E-state index contributed by atoms with van der Waals surface area (Å²) in [6.45, 7) is 0.364. The number of hydrogen-bond donors (Lipinski definition) is 3. The monoisotopic (exact) mass is 403 g/mol. The summed E-state index contributed by atoms with van der Waals surface area (Å²) < 4.78 is 10.7. The molecule has 1 aromatic carbocycles. The molecule has 27 heavy (non-hydrogen) atoms. The van der Waals surface area contributed by atoms with Crippen LogP contribution in [0.25, 0.3) is 11.4 Å². The predicted molar refractivity (Wildman–Crippen MR) is 108 cm³/mol. The van der Waals surface area contributed by atoms with Crippen molar-refractivity contribution in [2.75, 3.05) is 19.5 Å². The van der Waals surface area contributed by atoms with E-state index in [0.29, 0.717) is 39.6 Å². The quantitative estimate of drug-likeness (QED) is 0.425. The average Bonchev–Trinajstić information content (AvgIpc) is 3.14. The molecule has 140 valence electrons. The number of hydrogen-bond acceptors (Lipinski definition) is 6. The smallest absolute Gasteiger partial charge is 0.195 e. The molecule has 0 spiro atoms. The first kappa shape index (κ1) is 18.9. The summed E-state index contributed by atoms with van der Waals surface area (Å²) in [5.74, 6) is 1.49. The Balaban J connectivity index is 1.65. The highest BCUT2D eigenvalue weighted by molar-refractivity contribution is 7.14. The highest BCUT2D eigenvalue weighted by Crippen LogP contribution is 2.29. The van der Waals surface area contributed by atoms with Crippen LogP contribution in [0.5, 0.6) is 11.5 Å². The summed E-state index contributed by atoms with van der Waals surface area (Å²) in [7, 11) is 3.20. The normalized spacial score (nSPS) is 10.3. The van der Waals surface area contributed by atoms with Crippen LogP contribution in [-0.4, -0.2) is 30.1 Å². The lowest BCUT2D eigenvalue weighted by molar-refractivity contribution is 0.384. The van der Waals surface area contributed by atoms with Gasteiger partial charge >= 0.3 is 0 Å². The van der Waals surface area contributed by atoms with Crippen molar-refractivity contribution in [1.29, 1.82) is 5.41 Å². The highest BCUT2D eigenvalue weighted by atomic mass is 35.5. The van der Waals surface area contributed by atoms with Crippen molar-refractivity contribution in [2.24, 2.45) is 0 Å². The first-order valence-corrected chi connectivity index (χ1v) is 9.24. The van der Waals surface area contributed by atoms with E-state index in [2.05, 4.69) is 20.6 Å². The van der Waals surface area contributed by atoms with E-state index >= 15 is 0 Å². The molecule has 0 fully saturated rings. The van der Waals surface area contributed by atoms with Crippen molar-refractivity contribution in [3.8, 4) is 22.9 Å². The van der Waals surface area contributed by atoms with Crippen molar-refractivity contribution >= 4 is 34.0 Å². The minimum Gasteiger partial charge on any atom is -0.496 e. The third kappa shape index (κ3) is 4.47. The molecule has 0 atom stereocenters. The zero-order chi connectivity index (χ0) is 19.2. The standard InChI is InChI=1S/C18H18ClN5O2S/c1-25-14-6-3-7-15(26-2)11(14)9-22-17(20)24-18-23-13(10-27-18)16-12(19)5-4-8-21-16/h3-8,10H,9H2,1-2H3,(H3,20,22,23,24). The van der Waals surface area contributed by atoms with Gasteiger partial charge in [0.2, 0.25) is 0 Å². The zero-order valence-corrected chi connectivity index (χ0v) is 16.3. The summed E-state index contributed by atoms with van der Waals surface area (Å²) in [6, 6.07) is 9.08. The maximum absolute atomic E-state index is 8.11.